The third-order valence-corrected chi connectivity index (χ3v) is 6.72. The van der Waals surface area contributed by atoms with E-state index < -0.39 is 8.07 Å². The topological polar surface area (TPSA) is 0 Å². The molecule has 20 heavy (non-hydrogen) atoms. The highest BCUT2D eigenvalue weighted by Gasteiger charge is 2.23. The minimum absolute atomic E-state index is 0.653. The van der Waals surface area contributed by atoms with Crippen molar-refractivity contribution in [1.29, 1.82) is 0 Å². The zero-order valence-corrected chi connectivity index (χ0v) is 14.9. The van der Waals surface area contributed by atoms with E-state index in [0.717, 1.165) is 0 Å². The number of hydrogen-bond donors (Lipinski definition) is 0. The lowest BCUT2D eigenvalue weighted by Crippen LogP contribution is -2.21. The molecular formula is C19H28Si. The normalized spacial score (nSPS) is 16.9. The molecule has 0 saturated heterocycles. The summed E-state index contributed by atoms with van der Waals surface area (Å²) in [7, 11) is -1.14. The van der Waals surface area contributed by atoms with Crippen molar-refractivity contribution in [3.63, 3.8) is 0 Å². The number of aryl methyl sites for hydroxylation is 1. The second-order valence-electron chi connectivity index (χ2n) is 7.30. The van der Waals surface area contributed by atoms with Crippen molar-refractivity contribution in [3.05, 3.63) is 57.8 Å². The SMILES string of the molecule is Cc1cccc(CC(C)C2=CC([Si](C)(C)C)=CC2)c1C. The summed E-state index contributed by atoms with van der Waals surface area (Å²) >= 11 is 0. The molecule has 0 N–H and O–H groups in total. The molecule has 2 rings (SSSR count). The van der Waals surface area contributed by atoms with Gasteiger partial charge in [0.2, 0.25) is 0 Å². The van der Waals surface area contributed by atoms with E-state index in [9.17, 15) is 0 Å². The molecular weight excluding hydrogens is 256 g/mol. The van der Waals surface area contributed by atoms with Gasteiger partial charge in [0.25, 0.3) is 0 Å². The van der Waals surface area contributed by atoms with Crippen LogP contribution in [0.15, 0.2) is 41.1 Å². The number of rotatable bonds is 4. The minimum atomic E-state index is -1.14. The van der Waals surface area contributed by atoms with E-state index in [1.165, 1.54) is 29.5 Å². The van der Waals surface area contributed by atoms with Crippen LogP contribution in [0, 0.1) is 19.8 Å². The lowest BCUT2D eigenvalue weighted by atomic mass is 9.90. The van der Waals surface area contributed by atoms with Gasteiger partial charge in [0.1, 0.15) is 0 Å². The second kappa shape index (κ2) is 5.73. The first kappa shape index (κ1) is 15.3. The van der Waals surface area contributed by atoms with E-state index in [-0.39, 0.29) is 0 Å². The van der Waals surface area contributed by atoms with Crippen molar-refractivity contribution >= 4 is 8.07 Å². The minimum Gasteiger partial charge on any atom is -0.0812 e. The number of benzene rings is 1. The van der Waals surface area contributed by atoms with Crippen LogP contribution in [0.4, 0.5) is 0 Å². The molecule has 1 aliphatic carbocycles. The van der Waals surface area contributed by atoms with Crippen LogP contribution in [0.5, 0.6) is 0 Å². The molecule has 1 aromatic rings. The molecule has 0 radical (unpaired) electrons. The summed E-state index contributed by atoms with van der Waals surface area (Å²) in [6.45, 7) is 14.2. The van der Waals surface area contributed by atoms with Crippen LogP contribution in [0.3, 0.4) is 0 Å². The molecule has 0 saturated carbocycles. The lowest BCUT2D eigenvalue weighted by molar-refractivity contribution is 0.664. The average molecular weight is 285 g/mol. The van der Waals surface area contributed by atoms with Crippen LogP contribution in [-0.2, 0) is 6.42 Å². The van der Waals surface area contributed by atoms with Gasteiger partial charge in [-0.2, -0.15) is 0 Å². The first-order valence-electron chi connectivity index (χ1n) is 7.75. The molecule has 0 spiro atoms. The van der Waals surface area contributed by atoms with Crippen LogP contribution in [0.25, 0.3) is 0 Å². The molecule has 0 fully saturated rings. The summed E-state index contributed by atoms with van der Waals surface area (Å²) in [6.07, 6.45) is 7.32. The second-order valence-corrected chi connectivity index (χ2v) is 12.4. The number of allylic oxidation sites excluding steroid dienone is 4. The van der Waals surface area contributed by atoms with E-state index in [2.05, 4.69) is 70.8 Å². The van der Waals surface area contributed by atoms with Crippen LogP contribution in [0.2, 0.25) is 19.6 Å². The van der Waals surface area contributed by atoms with Crippen molar-refractivity contribution in [2.24, 2.45) is 5.92 Å². The molecule has 0 aliphatic heterocycles. The van der Waals surface area contributed by atoms with Gasteiger partial charge < -0.3 is 0 Å². The number of hydrogen-bond acceptors (Lipinski definition) is 0. The van der Waals surface area contributed by atoms with Gasteiger partial charge >= 0.3 is 0 Å². The third-order valence-electron chi connectivity index (χ3n) is 4.64. The fraction of sp³-hybridized carbons (Fsp3) is 0.474. The Morgan fingerprint density at radius 1 is 1.15 bits per heavy atom. The Morgan fingerprint density at radius 2 is 1.85 bits per heavy atom. The zero-order chi connectivity index (χ0) is 14.9. The van der Waals surface area contributed by atoms with E-state index in [4.69, 9.17) is 0 Å². The fourth-order valence-corrected chi connectivity index (χ4v) is 4.24. The van der Waals surface area contributed by atoms with Crippen molar-refractivity contribution in [1.82, 2.24) is 0 Å². The van der Waals surface area contributed by atoms with E-state index in [1.54, 1.807) is 10.8 Å². The maximum atomic E-state index is 2.50. The first-order valence-corrected chi connectivity index (χ1v) is 11.2. The molecule has 1 atom stereocenters. The molecule has 1 heteroatoms. The molecule has 1 unspecified atom stereocenters. The van der Waals surface area contributed by atoms with Gasteiger partial charge in [-0.1, -0.05) is 67.7 Å². The summed E-state index contributed by atoms with van der Waals surface area (Å²) in [5, 5.41) is 1.64. The van der Waals surface area contributed by atoms with E-state index in [1.807, 2.05) is 0 Å². The predicted octanol–water partition coefficient (Wildman–Crippen LogP) is 5.62. The Bertz CT molecular complexity index is 556. The molecule has 1 aromatic carbocycles. The van der Waals surface area contributed by atoms with Crippen molar-refractivity contribution in [2.45, 2.75) is 53.3 Å². The summed E-state index contributed by atoms with van der Waals surface area (Å²) in [5.41, 5.74) is 6.02. The molecule has 0 nitrogen and oxygen atoms in total. The zero-order valence-electron chi connectivity index (χ0n) is 13.9. The Balaban J connectivity index is 2.11. The van der Waals surface area contributed by atoms with Crippen LogP contribution in [0.1, 0.15) is 30.0 Å². The maximum Gasteiger partial charge on any atom is 0.0771 e. The van der Waals surface area contributed by atoms with Crippen LogP contribution < -0.4 is 0 Å². The van der Waals surface area contributed by atoms with E-state index in [0.29, 0.717) is 5.92 Å². The highest BCUT2D eigenvalue weighted by Crippen LogP contribution is 2.31. The van der Waals surface area contributed by atoms with Crippen LogP contribution >= 0.6 is 0 Å². The van der Waals surface area contributed by atoms with Gasteiger partial charge in [-0.05, 0) is 49.3 Å². The Hall–Kier alpha value is -1.08. The van der Waals surface area contributed by atoms with Crippen molar-refractivity contribution < 1.29 is 0 Å². The monoisotopic (exact) mass is 284 g/mol. The van der Waals surface area contributed by atoms with Crippen molar-refractivity contribution in [2.75, 3.05) is 0 Å². The summed E-state index contributed by atoms with van der Waals surface area (Å²) < 4.78 is 0. The quantitative estimate of drug-likeness (QED) is 0.630. The summed E-state index contributed by atoms with van der Waals surface area (Å²) in [5.74, 6) is 0.653. The smallest absolute Gasteiger partial charge is 0.0771 e. The Morgan fingerprint density at radius 3 is 2.45 bits per heavy atom. The highest BCUT2D eigenvalue weighted by atomic mass is 28.3. The predicted molar refractivity (Wildman–Crippen MR) is 92.9 cm³/mol. The highest BCUT2D eigenvalue weighted by molar-refractivity contribution is 6.83. The largest absolute Gasteiger partial charge is 0.0812 e. The van der Waals surface area contributed by atoms with Gasteiger partial charge in [-0.25, -0.2) is 0 Å². The van der Waals surface area contributed by atoms with Gasteiger partial charge in [-0.3, -0.25) is 0 Å². The molecule has 108 valence electrons. The fourth-order valence-electron chi connectivity index (χ4n) is 2.91. The summed E-state index contributed by atoms with van der Waals surface area (Å²) in [6, 6.07) is 6.70. The first-order chi connectivity index (χ1) is 9.29. The van der Waals surface area contributed by atoms with E-state index >= 15 is 0 Å². The van der Waals surface area contributed by atoms with Gasteiger partial charge in [0.05, 0.1) is 8.07 Å². The van der Waals surface area contributed by atoms with Gasteiger partial charge in [0, 0.05) is 0 Å². The van der Waals surface area contributed by atoms with Gasteiger partial charge in [0.15, 0.2) is 0 Å². The van der Waals surface area contributed by atoms with Crippen molar-refractivity contribution in [3.8, 4) is 0 Å². The summed E-state index contributed by atoms with van der Waals surface area (Å²) in [4.78, 5) is 0. The molecule has 1 aliphatic rings. The average Bonchev–Trinajstić information content (AvgIpc) is 2.84. The molecule has 0 amide bonds. The van der Waals surface area contributed by atoms with Gasteiger partial charge in [-0.15, -0.1) is 0 Å². The Labute approximate surface area is 125 Å². The van der Waals surface area contributed by atoms with Crippen LogP contribution in [-0.4, -0.2) is 8.07 Å². The molecule has 0 heterocycles. The molecule has 0 bridgehead atoms. The Kier molecular flexibility index (Phi) is 4.39. The molecule has 0 aromatic heterocycles. The standard InChI is InChI=1S/C19H28Si/c1-14-8-7-9-18(16(14)3)12-15(2)17-10-11-19(13-17)20(4,5)6/h7-9,11,13,15H,10,12H2,1-6H3. The third kappa shape index (κ3) is 3.32. The maximum absolute atomic E-state index is 2.50. The lowest BCUT2D eigenvalue weighted by Gasteiger charge is -2.17.